The van der Waals surface area contributed by atoms with Crippen LogP contribution in [0.25, 0.3) is 0 Å². The molecule has 5 heteroatoms. The zero-order valence-corrected chi connectivity index (χ0v) is 11.9. The molecule has 1 N–H and O–H groups in total. The molecule has 0 saturated heterocycles. The summed E-state index contributed by atoms with van der Waals surface area (Å²) in [6.45, 7) is 4.96. The standard InChI is InChI=1S/C13H18BrN3O/c1-2-7-17-13(18)12(14)11(9-16-17)15-8-10-5-3-4-6-10/h2,9-10,15H,1,3-8H2. The average Bonchev–Trinajstić information content (AvgIpc) is 2.87. The van der Waals surface area contributed by atoms with E-state index in [2.05, 4.69) is 32.9 Å². The van der Waals surface area contributed by atoms with Gasteiger partial charge in [0, 0.05) is 6.54 Å². The van der Waals surface area contributed by atoms with Crippen LogP contribution in [0.3, 0.4) is 0 Å². The minimum absolute atomic E-state index is 0.119. The second-order valence-electron chi connectivity index (χ2n) is 4.68. The van der Waals surface area contributed by atoms with E-state index in [0.29, 0.717) is 11.0 Å². The van der Waals surface area contributed by atoms with E-state index in [9.17, 15) is 4.79 Å². The molecule has 0 radical (unpaired) electrons. The van der Waals surface area contributed by atoms with Gasteiger partial charge < -0.3 is 5.32 Å². The second kappa shape index (κ2) is 6.18. The Bertz CT molecular complexity index is 478. The lowest BCUT2D eigenvalue weighted by atomic mass is 10.1. The van der Waals surface area contributed by atoms with Crippen molar-refractivity contribution in [3.63, 3.8) is 0 Å². The molecule has 0 aromatic carbocycles. The molecule has 0 atom stereocenters. The number of anilines is 1. The number of hydrogen-bond acceptors (Lipinski definition) is 3. The van der Waals surface area contributed by atoms with E-state index in [1.807, 2.05) is 0 Å². The van der Waals surface area contributed by atoms with Gasteiger partial charge in [0.25, 0.3) is 5.56 Å². The summed E-state index contributed by atoms with van der Waals surface area (Å²) in [5.74, 6) is 0.729. The Morgan fingerprint density at radius 2 is 2.28 bits per heavy atom. The normalized spacial score (nSPS) is 15.8. The van der Waals surface area contributed by atoms with Crippen LogP contribution in [0.5, 0.6) is 0 Å². The molecule has 1 aliphatic carbocycles. The van der Waals surface area contributed by atoms with Crippen LogP contribution < -0.4 is 10.9 Å². The van der Waals surface area contributed by atoms with Crippen LogP contribution in [0.4, 0.5) is 5.69 Å². The van der Waals surface area contributed by atoms with Crippen molar-refractivity contribution in [2.75, 3.05) is 11.9 Å². The molecular weight excluding hydrogens is 294 g/mol. The van der Waals surface area contributed by atoms with Crippen molar-refractivity contribution >= 4 is 21.6 Å². The third kappa shape index (κ3) is 3.02. The topological polar surface area (TPSA) is 46.9 Å². The number of aromatic nitrogens is 2. The summed E-state index contributed by atoms with van der Waals surface area (Å²) in [4.78, 5) is 11.9. The largest absolute Gasteiger partial charge is 0.382 e. The van der Waals surface area contributed by atoms with Crippen LogP contribution in [0.2, 0.25) is 0 Å². The SMILES string of the molecule is C=CCn1ncc(NCC2CCCC2)c(Br)c1=O. The number of allylic oxidation sites excluding steroid dienone is 1. The maximum Gasteiger partial charge on any atom is 0.283 e. The van der Waals surface area contributed by atoms with E-state index >= 15 is 0 Å². The highest BCUT2D eigenvalue weighted by Gasteiger charge is 2.15. The first-order chi connectivity index (χ1) is 8.72. The van der Waals surface area contributed by atoms with Gasteiger partial charge in [-0.3, -0.25) is 4.79 Å². The van der Waals surface area contributed by atoms with Gasteiger partial charge in [0.2, 0.25) is 0 Å². The summed E-state index contributed by atoms with van der Waals surface area (Å²) < 4.78 is 1.94. The lowest BCUT2D eigenvalue weighted by Gasteiger charge is -2.13. The van der Waals surface area contributed by atoms with Crippen LogP contribution in [0.1, 0.15) is 25.7 Å². The second-order valence-corrected chi connectivity index (χ2v) is 5.47. The first kappa shape index (κ1) is 13.3. The Kier molecular flexibility index (Phi) is 4.58. The molecule has 4 nitrogen and oxygen atoms in total. The van der Waals surface area contributed by atoms with Gasteiger partial charge in [-0.1, -0.05) is 18.9 Å². The Morgan fingerprint density at radius 3 is 2.94 bits per heavy atom. The van der Waals surface area contributed by atoms with Gasteiger partial charge in [-0.05, 0) is 34.7 Å². The molecule has 98 valence electrons. The molecule has 0 aliphatic heterocycles. The summed E-state index contributed by atoms with van der Waals surface area (Å²) in [6.07, 6.45) is 8.58. The number of halogens is 1. The summed E-state index contributed by atoms with van der Waals surface area (Å²) in [5.41, 5.74) is 0.665. The van der Waals surface area contributed by atoms with Crippen LogP contribution in [0.15, 0.2) is 28.1 Å². The number of rotatable bonds is 5. The van der Waals surface area contributed by atoms with E-state index in [1.54, 1.807) is 12.3 Å². The van der Waals surface area contributed by atoms with Crippen LogP contribution >= 0.6 is 15.9 Å². The van der Waals surface area contributed by atoms with Crippen molar-refractivity contribution in [1.29, 1.82) is 0 Å². The van der Waals surface area contributed by atoms with E-state index in [0.717, 1.165) is 18.2 Å². The molecular formula is C13H18BrN3O. The minimum Gasteiger partial charge on any atom is -0.382 e. The summed E-state index contributed by atoms with van der Waals surface area (Å²) >= 11 is 3.34. The zero-order valence-electron chi connectivity index (χ0n) is 10.4. The van der Waals surface area contributed by atoms with Gasteiger partial charge >= 0.3 is 0 Å². The molecule has 1 aromatic rings. The first-order valence-corrected chi connectivity index (χ1v) is 7.12. The average molecular weight is 312 g/mol. The molecule has 1 heterocycles. The molecule has 0 amide bonds. The molecule has 1 saturated carbocycles. The Morgan fingerprint density at radius 1 is 1.56 bits per heavy atom. The van der Waals surface area contributed by atoms with Crippen molar-refractivity contribution < 1.29 is 0 Å². The van der Waals surface area contributed by atoms with E-state index < -0.39 is 0 Å². The van der Waals surface area contributed by atoms with Gasteiger partial charge in [-0.2, -0.15) is 5.10 Å². The molecule has 2 rings (SSSR count). The molecule has 0 unspecified atom stereocenters. The minimum atomic E-state index is -0.119. The third-order valence-electron chi connectivity index (χ3n) is 3.34. The quantitative estimate of drug-likeness (QED) is 0.851. The highest BCUT2D eigenvalue weighted by Crippen LogP contribution is 2.25. The van der Waals surface area contributed by atoms with Crippen molar-refractivity contribution in [1.82, 2.24) is 9.78 Å². The Hall–Kier alpha value is -1.10. The highest BCUT2D eigenvalue weighted by molar-refractivity contribution is 9.10. The van der Waals surface area contributed by atoms with Crippen LogP contribution in [-0.4, -0.2) is 16.3 Å². The Balaban J connectivity index is 2.06. The number of nitrogens with zero attached hydrogens (tertiary/aromatic N) is 2. The molecule has 0 bridgehead atoms. The monoisotopic (exact) mass is 311 g/mol. The Labute approximate surface area is 115 Å². The van der Waals surface area contributed by atoms with E-state index in [1.165, 1.54) is 30.4 Å². The predicted octanol–water partition coefficient (Wildman–Crippen LogP) is 2.79. The molecule has 1 aromatic heterocycles. The van der Waals surface area contributed by atoms with Crippen LogP contribution in [0, 0.1) is 5.92 Å². The van der Waals surface area contributed by atoms with Crippen LogP contribution in [-0.2, 0) is 6.54 Å². The van der Waals surface area contributed by atoms with Crippen molar-refractivity contribution in [2.24, 2.45) is 5.92 Å². The fraction of sp³-hybridized carbons (Fsp3) is 0.538. The molecule has 18 heavy (non-hydrogen) atoms. The lowest BCUT2D eigenvalue weighted by molar-refractivity contribution is 0.578. The number of hydrogen-bond donors (Lipinski definition) is 1. The lowest BCUT2D eigenvalue weighted by Crippen LogP contribution is -2.24. The molecule has 1 fully saturated rings. The van der Waals surface area contributed by atoms with Crippen molar-refractivity contribution in [3.05, 3.63) is 33.7 Å². The van der Waals surface area contributed by atoms with Crippen molar-refractivity contribution in [3.8, 4) is 0 Å². The highest BCUT2D eigenvalue weighted by atomic mass is 79.9. The van der Waals surface area contributed by atoms with Gasteiger partial charge in [-0.25, -0.2) is 4.68 Å². The molecule has 1 aliphatic rings. The fourth-order valence-corrected chi connectivity index (χ4v) is 2.76. The predicted molar refractivity (Wildman–Crippen MR) is 76.8 cm³/mol. The third-order valence-corrected chi connectivity index (χ3v) is 4.11. The summed E-state index contributed by atoms with van der Waals surface area (Å²) in [5, 5.41) is 7.43. The fourth-order valence-electron chi connectivity index (χ4n) is 2.31. The van der Waals surface area contributed by atoms with E-state index in [4.69, 9.17) is 0 Å². The summed E-state index contributed by atoms with van der Waals surface area (Å²) in [7, 11) is 0. The van der Waals surface area contributed by atoms with Gasteiger partial charge in [0.05, 0.1) is 18.4 Å². The van der Waals surface area contributed by atoms with Crippen molar-refractivity contribution in [2.45, 2.75) is 32.2 Å². The van der Waals surface area contributed by atoms with Gasteiger partial charge in [0.15, 0.2) is 0 Å². The summed E-state index contributed by atoms with van der Waals surface area (Å²) in [6, 6.07) is 0. The maximum atomic E-state index is 11.9. The number of nitrogens with one attached hydrogen (secondary N) is 1. The smallest absolute Gasteiger partial charge is 0.283 e. The van der Waals surface area contributed by atoms with E-state index in [-0.39, 0.29) is 5.56 Å². The zero-order chi connectivity index (χ0) is 13.0. The van der Waals surface area contributed by atoms with Gasteiger partial charge in [-0.15, -0.1) is 6.58 Å². The maximum absolute atomic E-state index is 11.9. The molecule has 0 spiro atoms. The van der Waals surface area contributed by atoms with Gasteiger partial charge in [0.1, 0.15) is 4.47 Å². The first-order valence-electron chi connectivity index (χ1n) is 6.32.